The lowest BCUT2D eigenvalue weighted by Gasteiger charge is -2.38. The summed E-state index contributed by atoms with van der Waals surface area (Å²) in [5.41, 5.74) is 9.09. The Morgan fingerprint density at radius 3 is 2.46 bits per heavy atom. The van der Waals surface area contributed by atoms with E-state index in [-0.39, 0.29) is 11.9 Å². The van der Waals surface area contributed by atoms with Crippen LogP contribution in [-0.4, -0.2) is 29.3 Å². The Labute approximate surface area is 141 Å². The van der Waals surface area contributed by atoms with Crippen LogP contribution in [0, 0.1) is 0 Å². The third-order valence-electron chi connectivity index (χ3n) is 5.34. The molecule has 4 nitrogen and oxygen atoms in total. The van der Waals surface area contributed by atoms with Crippen molar-refractivity contribution in [1.29, 1.82) is 0 Å². The number of hydrogen-bond donors (Lipinski definition) is 1. The molecule has 2 N–H and O–H groups in total. The zero-order valence-electron chi connectivity index (χ0n) is 13.4. The predicted octanol–water partition coefficient (Wildman–Crippen LogP) is 2.73. The van der Waals surface area contributed by atoms with Gasteiger partial charge in [-0.2, -0.15) is 0 Å². The fourth-order valence-electron chi connectivity index (χ4n) is 4.17. The molecule has 2 amide bonds. The van der Waals surface area contributed by atoms with Gasteiger partial charge in [0.1, 0.15) is 0 Å². The van der Waals surface area contributed by atoms with Crippen LogP contribution >= 0.6 is 0 Å². The first kappa shape index (κ1) is 14.9. The van der Waals surface area contributed by atoms with E-state index < -0.39 is 5.91 Å². The van der Waals surface area contributed by atoms with Gasteiger partial charge in [-0.25, -0.2) is 0 Å². The van der Waals surface area contributed by atoms with Crippen LogP contribution in [0.15, 0.2) is 48.5 Å². The van der Waals surface area contributed by atoms with E-state index >= 15 is 0 Å². The molecule has 2 aromatic rings. The first-order chi connectivity index (χ1) is 11.6. The quantitative estimate of drug-likeness (QED) is 0.925. The fourth-order valence-corrected chi connectivity index (χ4v) is 4.17. The minimum Gasteiger partial charge on any atom is -0.366 e. The molecule has 1 aliphatic carbocycles. The van der Waals surface area contributed by atoms with E-state index in [2.05, 4.69) is 24.3 Å². The Morgan fingerprint density at radius 1 is 1.00 bits per heavy atom. The molecule has 24 heavy (non-hydrogen) atoms. The Kier molecular flexibility index (Phi) is 3.60. The van der Waals surface area contributed by atoms with Crippen molar-refractivity contribution >= 4 is 11.8 Å². The van der Waals surface area contributed by atoms with Gasteiger partial charge in [0.25, 0.3) is 5.91 Å². The van der Waals surface area contributed by atoms with Crippen molar-refractivity contribution < 1.29 is 9.59 Å². The first-order valence-electron chi connectivity index (χ1n) is 8.44. The molecule has 2 aliphatic rings. The molecule has 0 spiro atoms. The van der Waals surface area contributed by atoms with Gasteiger partial charge in [0, 0.05) is 29.6 Å². The maximum Gasteiger partial charge on any atom is 0.254 e. The molecule has 0 unspecified atom stereocenters. The summed E-state index contributed by atoms with van der Waals surface area (Å²) >= 11 is 0. The molecular weight excluding hydrogens is 300 g/mol. The van der Waals surface area contributed by atoms with Crippen molar-refractivity contribution in [2.45, 2.75) is 31.2 Å². The first-order valence-corrected chi connectivity index (χ1v) is 8.44. The molecule has 1 saturated heterocycles. The highest BCUT2D eigenvalue weighted by Gasteiger charge is 2.40. The van der Waals surface area contributed by atoms with Crippen LogP contribution in [-0.2, 0) is 6.42 Å². The molecule has 4 heteroatoms. The Morgan fingerprint density at radius 2 is 1.71 bits per heavy atom. The van der Waals surface area contributed by atoms with Gasteiger partial charge >= 0.3 is 0 Å². The van der Waals surface area contributed by atoms with Gasteiger partial charge in [0.05, 0.1) is 0 Å². The van der Waals surface area contributed by atoms with Gasteiger partial charge in [0.2, 0.25) is 5.91 Å². The normalized spacial score (nSPS) is 21.9. The second-order valence-corrected chi connectivity index (χ2v) is 6.66. The monoisotopic (exact) mass is 320 g/mol. The van der Waals surface area contributed by atoms with Crippen molar-refractivity contribution in [3.05, 3.63) is 70.8 Å². The van der Waals surface area contributed by atoms with Crippen LogP contribution < -0.4 is 5.73 Å². The number of nitrogens with zero attached hydrogens (tertiary/aromatic N) is 1. The van der Waals surface area contributed by atoms with Crippen LogP contribution in [0.4, 0.5) is 0 Å². The summed E-state index contributed by atoms with van der Waals surface area (Å²) < 4.78 is 0. The van der Waals surface area contributed by atoms with Gasteiger partial charge in [-0.15, -0.1) is 0 Å². The molecule has 0 radical (unpaired) electrons. The molecular formula is C20H20N2O2. The summed E-state index contributed by atoms with van der Waals surface area (Å²) in [4.78, 5) is 26.2. The van der Waals surface area contributed by atoms with E-state index in [1.807, 2.05) is 4.90 Å². The summed E-state index contributed by atoms with van der Waals surface area (Å²) in [7, 11) is 0. The van der Waals surface area contributed by atoms with Crippen LogP contribution in [0.3, 0.4) is 0 Å². The molecule has 122 valence electrons. The summed E-state index contributed by atoms with van der Waals surface area (Å²) in [5.74, 6) is 0.0237. The highest BCUT2D eigenvalue weighted by atomic mass is 16.2. The summed E-state index contributed by atoms with van der Waals surface area (Å²) in [6, 6.07) is 15.4. The summed E-state index contributed by atoms with van der Waals surface area (Å²) in [5, 5.41) is 0. The fraction of sp³-hybridized carbons (Fsp3) is 0.300. The maximum atomic E-state index is 13.0. The molecule has 4 rings (SSSR count). The van der Waals surface area contributed by atoms with Crippen LogP contribution in [0.25, 0.3) is 0 Å². The maximum absolute atomic E-state index is 13.0. The number of primary amides is 1. The molecule has 0 aromatic heterocycles. The average Bonchev–Trinajstić information content (AvgIpc) is 3.00. The topological polar surface area (TPSA) is 63.4 Å². The van der Waals surface area contributed by atoms with Gasteiger partial charge in [-0.3, -0.25) is 9.59 Å². The molecule has 0 saturated carbocycles. The highest BCUT2D eigenvalue weighted by molar-refractivity contribution is 5.97. The molecule has 1 aliphatic heterocycles. The second kappa shape index (κ2) is 5.78. The number of fused-ring (bicyclic) bond motifs is 3. The third-order valence-corrected chi connectivity index (χ3v) is 5.34. The van der Waals surface area contributed by atoms with Gasteiger partial charge in [-0.1, -0.05) is 24.3 Å². The SMILES string of the molecule is NC(=O)c1ccc(C(=O)N2CCC[C@@H]3c4ccccc4C[C@@H]32)cc1. The Balaban J connectivity index is 1.60. The number of carbonyl (C=O) groups excluding carboxylic acids is 2. The van der Waals surface area contributed by atoms with Crippen LogP contribution in [0.1, 0.15) is 50.6 Å². The molecule has 1 heterocycles. The zero-order valence-corrected chi connectivity index (χ0v) is 13.4. The van der Waals surface area contributed by atoms with Gasteiger partial charge in [0.15, 0.2) is 0 Å². The van der Waals surface area contributed by atoms with E-state index in [4.69, 9.17) is 5.73 Å². The van der Waals surface area contributed by atoms with E-state index in [0.717, 1.165) is 25.8 Å². The smallest absolute Gasteiger partial charge is 0.254 e. The Bertz CT molecular complexity index is 798. The van der Waals surface area contributed by atoms with Crippen molar-refractivity contribution in [3.8, 4) is 0 Å². The minimum absolute atomic E-state index is 0.0496. The van der Waals surface area contributed by atoms with Crippen LogP contribution in [0.5, 0.6) is 0 Å². The summed E-state index contributed by atoms with van der Waals surface area (Å²) in [6.07, 6.45) is 3.11. The van der Waals surface area contributed by atoms with Crippen molar-refractivity contribution in [2.24, 2.45) is 5.73 Å². The number of piperidine rings is 1. The highest BCUT2D eigenvalue weighted by Crippen LogP contribution is 2.42. The van der Waals surface area contributed by atoms with E-state index in [1.165, 1.54) is 11.1 Å². The number of benzene rings is 2. The lowest BCUT2D eigenvalue weighted by Crippen LogP contribution is -2.46. The van der Waals surface area contributed by atoms with Crippen molar-refractivity contribution in [3.63, 3.8) is 0 Å². The minimum atomic E-state index is -0.474. The molecule has 0 bridgehead atoms. The van der Waals surface area contributed by atoms with Crippen molar-refractivity contribution in [2.75, 3.05) is 6.54 Å². The largest absolute Gasteiger partial charge is 0.366 e. The zero-order chi connectivity index (χ0) is 16.7. The van der Waals surface area contributed by atoms with Crippen molar-refractivity contribution in [1.82, 2.24) is 4.90 Å². The number of hydrogen-bond acceptors (Lipinski definition) is 2. The van der Waals surface area contributed by atoms with Gasteiger partial charge in [-0.05, 0) is 54.7 Å². The van der Waals surface area contributed by atoms with E-state index in [1.54, 1.807) is 24.3 Å². The number of nitrogens with two attached hydrogens (primary N) is 1. The standard InChI is InChI=1S/C20H20N2O2/c21-19(23)13-7-9-14(10-8-13)20(24)22-11-3-6-17-16-5-2-1-4-15(16)12-18(17)22/h1-2,4-5,7-10,17-18H,3,6,11-12H2,(H2,21,23)/t17-,18+/m1/s1. The Hall–Kier alpha value is -2.62. The second-order valence-electron chi connectivity index (χ2n) is 6.66. The van der Waals surface area contributed by atoms with Gasteiger partial charge < -0.3 is 10.6 Å². The summed E-state index contributed by atoms with van der Waals surface area (Å²) in [6.45, 7) is 0.797. The number of amides is 2. The number of rotatable bonds is 2. The number of carbonyl (C=O) groups is 2. The predicted molar refractivity (Wildman–Crippen MR) is 91.9 cm³/mol. The average molecular weight is 320 g/mol. The molecule has 2 atom stereocenters. The lowest BCUT2D eigenvalue weighted by atomic mass is 9.88. The van der Waals surface area contributed by atoms with Crippen LogP contribution in [0.2, 0.25) is 0 Å². The molecule has 2 aromatic carbocycles. The molecule has 1 fully saturated rings. The number of likely N-dealkylation sites (tertiary alicyclic amines) is 1. The third kappa shape index (κ3) is 2.39. The lowest BCUT2D eigenvalue weighted by molar-refractivity contribution is 0.0595. The van der Waals surface area contributed by atoms with E-state index in [0.29, 0.717) is 17.0 Å². The van der Waals surface area contributed by atoms with E-state index in [9.17, 15) is 9.59 Å².